The van der Waals surface area contributed by atoms with Gasteiger partial charge >= 0.3 is 0 Å². The van der Waals surface area contributed by atoms with Gasteiger partial charge in [-0.3, -0.25) is 0 Å². The average molecular weight is 533 g/mol. The molecule has 0 heterocycles. The fraction of sp³-hybridized carbons (Fsp3) is 1.00. The van der Waals surface area contributed by atoms with Gasteiger partial charge in [-0.2, -0.15) is 0 Å². The molecule has 0 aliphatic rings. The molecule has 0 aliphatic carbocycles. The summed E-state index contributed by atoms with van der Waals surface area (Å²) in [6, 6.07) is 0. The summed E-state index contributed by atoms with van der Waals surface area (Å²) in [5.41, 5.74) is 0. The Kier molecular flexibility index (Phi) is 37.6. The van der Waals surface area contributed by atoms with Crippen molar-refractivity contribution in [1.82, 2.24) is 0 Å². The first-order chi connectivity index (χ1) is 16.8. The Balaban J connectivity index is 0. The second kappa shape index (κ2) is 34.7. The van der Waals surface area contributed by atoms with Gasteiger partial charge in [0.1, 0.15) is 0 Å². The molecule has 0 rings (SSSR count). The van der Waals surface area contributed by atoms with E-state index < -0.39 is 0 Å². The third kappa shape index (κ3) is 34.7. The maximum Gasteiger partial charge on any atom is -0.0328 e. The average Bonchev–Trinajstić information content (AvgIpc) is 2.84. The number of halogens is 1. The van der Waals surface area contributed by atoms with Crippen LogP contribution in [0, 0.1) is 0 Å². The number of hydrogen-bond donors (Lipinski definition) is 0. The van der Waals surface area contributed by atoms with Crippen molar-refractivity contribution >= 4 is 20.3 Å². The molecule has 0 amide bonds. The second-order valence-electron chi connectivity index (χ2n) is 11.5. The largest absolute Gasteiger partial charge is 0.147 e. The van der Waals surface area contributed by atoms with Crippen molar-refractivity contribution in [3.8, 4) is 0 Å². The third-order valence-corrected chi connectivity index (χ3v) is 9.95. The first-order valence-corrected chi connectivity index (χ1v) is 18.7. The SMILES string of the molecule is CCCCCCCCCCCCCCCCP(C)CCCCCCCCCCCCCCCC.Cl. The van der Waals surface area contributed by atoms with E-state index in [-0.39, 0.29) is 12.4 Å². The number of unbranched alkanes of at least 4 members (excludes halogenated alkanes) is 26. The summed E-state index contributed by atoms with van der Waals surface area (Å²) in [5, 5.41) is 0. The molecule has 0 bridgehead atoms. The topological polar surface area (TPSA) is 0 Å². The maximum absolute atomic E-state index is 2.57. The first-order valence-electron chi connectivity index (χ1n) is 16.5. The van der Waals surface area contributed by atoms with Crippen LogP contribution >= 0.6 is 20.3 Å². The molecular weight excluding hydrogens is 463 g/mol. The zero-order valence-electron chi connectivity index (χ0n) is 25.1. The predicted molar refractivity (Wildman–Crippen MR) is 170 cm³/mol. The van der Waals surface area contributed by atoms with Gasteiger partial charge in [0, 0.05) is 0 Å². The summed E-state index contributed by atoms with van der Waals surface area (Å²) in [6.45, 7) is 7.19. The van der Waals surface area contributed by atoms with Crippen molar-refractivity contribution in [1.29, 1.82) is 0 Å². The fourth-order valence-corrected chi connectivity index (χ4v) is 7.01. The molecule has 35 heavy (non-hydrogen) atoms. The molecule has 0 aromatic carbocycles. The highest BCUT2D eigenvalue weighted by molar-refractivity contribution is 7.56. The van der Waals surface area contributed by atoms with E-state index in [0.717, 1.165) is 0 Å². The standard InChI is InChI=1S/C33H69P.ClH/c1-4-6-8-10-12-14-16-18-20-22-24-26-28-30-32-34(3)33-31-29-27-25-23-21-19-17-15-13-11-9-7-5-2;/h4-33H2,1-3H3;1H. The van der Waals surface area contributed by atoms with Crippen LogP contribution in [0.1, 0.15) is 194 Å². The summed E-state index contributed by atoms with van der Waals surface area (Å²) >= 11 is 0. The lowest BCUT2D eigenvalue weighted by atomic mass is 10.0. The summed E-state index contributed by atoms with van der Waals surface area (Å²) in [7, 11) is 0.338. The van der Waals surface area contributed by atoms with Crippen molar-refractivity contribution < 1.29 is 0 Å². The van der Waals surface area contributed by atoms with Crippen molar-refractivity contribution in [2.24, 2.45) is 0 Å². The van der Waals surface area contributed by atoms with Crippen LogP contribution in [0.2, 0.25) is 0 Å². The summed E-state index contributed by atoms with van der Waals surface area (Å²) < 4.78 is 0. The van der Waals surface area contributed by atoms with Crippen LogP contribution in [0.5, 0.6) is 0 Å². The maximum atomic E-state index is 2.57. The molecule has 0 fully saturated rings. The molecule has 0 N–H and O–H groups in total. The van der Waals surface area contributed by atoms with Gasteiger partial charge < -0.3 is 0 Å². The molecule has 2 heteroatoms. The smallest absolute Gasteiger partial charge is 0.0328 e. The van der Waals surface area contributed by atoms with E-state index in [0.29, 0.717) is 7.92 Å². The molecule has 0 radical (unpaired) electrons. The quantitative estimate of drug-likeness (QED) is 0.0637. The Labute approximate surface area is 232 Å². The zero-order chi connectivity index (χ0) is 24.8. The predicted octanol–water partition coefficient (Wildman–Crippen LogP) is 13.5. The van der Waals surface area contributed by atoms with E-state index in [9.17, 15) is 0 Å². The normalized spacial score (nSPS) is 11.3. The number of rotatable bonds is 30. The fourth-order valence-electron chi connectivity index (χ4n) is 5.26. The molecule has 0 aliphatic heterocycles. The van der Waals surface area contributed by atoms with E-state index in [4.69, 9.17) is 0 Å². The lowest BCUT2D eigenvalue weighted by Gasteiger charge is -2.12. The Bertz CT molecular complexity index is 314. The summed E-state index contributed by atoms with van der Waals surface area (Å²) in [4.78, 5) is 0. The van der Waals surface area contributed by atoms with Crippen molar-refractivity contribution in [3.63, 3.8) is 0 Å². The van der Waals surface area contributed by atoms with E-state index in [1.807, 2.05) is 0 Å². The number of hydrogen-bond acceptors (Lipinski definition) is 0. The van der Waals surface area contributed by atoms with Crippen molar-refractivity contribution in [2.75, 3.05) is 19.0 Å². The minimum atomic E-state index is 0. The highest BCUT2D eigenvalue weighted by atomic mass is 35.5. The van der Waals surface area contributed by atoms with Crippen molar-refractivity contribution in [2.45, 2.75) is 194 Å². The van der Waals surface area contributed by atoms with Crippen LogP contribution in [0.3, 0.4) is 0 Å². The summed E-state index contributed by atoms with van der Waals surface area (Å²) in [5.74, 6) is 0. The van der Waals surface area contributed by atoms with Gasteiger partial charge in [-0.1, -0.05) is 181 Å². The minimum absolute atomic E-state index is 0. The molecule has 0 atom stereocenters. The Morgan fingerprint density at radius 3 is 0.657 bits per heavy atom. The van der Waals surface area contributed by atoms with Gasteiger partial charge in [0.05, 0.1) is 0 Å². The van der Waals surface area contributed by atoms with Gasteiger partial charge in [-0.05, 0) is 31.8 Å². The highest BCUT2D eigenvalue weighted by Gasteiger charge is 2.02. The van der Waals surface area contributed by atoms with E-state index in [2.05, 4.69) is 20.5 Å². The zero-order valence-corrected chi connectivity index (χ0v) is 26.8. The molecule has 0 saturated carbocycles. The minimum Gasteiger partial charge on any atom is -0.147 e. The third-order valence-electron chi connectivity index (χ3n) is 7.79. The van der Waals surface area contributed by atoms with E-state index >= 15 is 0 Å². The van der Waals surface area contributed by atoms with Crippen LogP contribution < -0.4 is 0 Å². The van der Waals surface area contributed by atoms with Crippen molar-refractivity contribution in [3.05, 3.63) is 0 Å². The molecule has 0 unspecified atom stereocenters. The molecule has 214 valence electrons. The van der Waals surface area contributed by atoms with Gasteiger partial charge in [0.15, 0.2) is 0 Å². The monoisotopic (exact) mass is 532 g/mol. The van der Waals surface area contributed by atoms with Gasteiger partial charge in [-0.25, -0.2) is 0 Å². The lowest BCUT2D eigenvalue weighted by Crippen LogP contribution is -1.91. The molecule has 0 aromatic heterocycles. The Hall–Kier alpha value is 0.720. The lowest BCUT2D eigenvalue weighted by molar-refractivity contribution is 0.538. The Morgan fingerprint density at radius 1 is 0.286 bits per heavy atom. The molecule has 0 saturated heterocycles. The van der Waals surface area contributed by atoms with E-state index in [1.165, 1.54) is 180 Å². The highest BCUT2D eigenvalue weighted by Crippen LogP contribution is 2.33. The first kappa shape index (κ1) is 37.9. The molecule has 0 spiro atoms. The van der Waals surface area contributed by atoms with E-state index in [1.54, 1.807) is 12.3 Å². The van der Waals surface area contributed by atoms with Gasteiger partial charge in [-0.15, -0.1) is 20.3 Å². The van der Waals surface area contributed by atoms with Crippen LogP contribution in [-0.2, 0) is 0 Å². The van der Waals surface area contributed by atoms with Gasteiger partial charge in [0.2, 0.25) is 0 Å². The second-order valence-corrected chi connectivity index (χ2v) is 14.1. The van der Waals surface area contributed by atoms with Crippen LogP contribution in [-0.4, -0.2) is 19.0 Å². The Morgan fingerprint density at radius 2 is 0.457 bits per heavy atom. The van der Waals surface area contributed by atoms with Crippen LogP contribution in [0.25, 0.3) is 0 Å². The molecular formula is C33H70ClP. The van der Waals surface area contributed by atoms with Crippen LogP contribution in [0.15, 0.2) is 0 Å². The summed E-state index contributed by atoms with van der Waals surface area (Å²) in [6.07, 6.45) is 44.5. The molecule has 0 nitrogen and oxygen atoms in total. The van der Waals surface area contributed by atoms with Gasteiger partial charge in [0.25, 0.3) is 0 Å². The molecule has 0 aromatic rings. The van der Waals surface area contributed by atoms with Crippen LogP contribution in [0.4, 0.5) is 0 Å².